The molecule has 2 aliphatic rings. The number of ketones is 1. The summed E-state index contributed by atoms with van der Waals surface area (Å²) in [6.07, 6.45) is 5.36. The third-order valence-electron chi connectivity index (χ3n) is 6.19. The molecule has 1 heterocycles. The number of anilines is 1. The molecular weight excluding hydrogens is 374 g/mol. The van der Waals surface area contributed by atoms with Crippen molar-refractivity contribution in [1.29, 1.82) is 0 Å². The van der Waals surface area contributed by atoms with Crippen LogP contribution < -0.4 is 14.4 Å². The Morgan fingerprint density at radius 2 is 1.73 bits per heavy atom. The van der Waals surface area contributed by atoms with Gasteiger partial charge in [0.25, 0.3) is 0 Å². The smallest absolute Gasteiger partial charge is 0.140 e. The zero-order valence-electron chi connectivity index (χ0n) is 18.2. The highest BCUT2D eigenvalue weighted by atomic mass is 16.5. The van der Waals surface area contributed by atoms with Crippen LogP contribution in [0.3, 0.4) is 0 Å². The van der Waals surface area contributed by atoms with E-state index in [0.717, 1.165) is 55.5 Å². The zero-order valence-corrected chi connectivity index (χ0v) is 18.2. The van der Waals surface area contributed by atoms with Gasteiger partial charge in [-0.1, -0.05) is 26.0 Å². The van der Waals surface area contributed by atoms with Crippen LogP contribution in [0.2, 0.25) is 0 Å². The van der Waals surface area contributed by atoms with E-state index < -0.39 is 0 Å². The third-order valence-corrected chi connectivity index (χ3v) is 6.19. The minimum absolute atomic E-state index is 0.0443. The van der Waals surface area contributed by atoms with Crippen molar-refractivity contribution in [2.45, 2.75) is 58.0 Å². The number of ether oxygens (including phenoxy) is 2. The summed E-state index contributed by atoms with van der Waals surface area (Å²) in [4.78, 5) is 14.5. The molecule has 0 spiro atoms. The van der Waals surface area contributed by atoms with E-state index in [2.05, 4.69) is 29.2 Å². The van der Waals surface area contributed by atoms with Gasteiger partial charge in [0, 0.05) is 31.0 Å². The Morgan fingerprint density at radius 3 is 2.40 bits per heavy atom. The SMILES string of the molecule is CCCC(=O)C(C)c1ccc(O[C@@H]2CCN(c3ccc(OCC4CC4)cc3)C2)cc1. The number of benzene rings is 2. The Kier molecular flexibility index (Phi) is 6.61. The Labute approximate surface area is 180 Å². The Hall–Kier alpha value is -2.49. The van der Waals surface area contributed by atoms with E-state index in [0.29, 0.717) is 12.2 Å². The highest BCUT2D eigenvalue weighted by molar-refractivity contribution is 5.85. The van der Waals surface area contributed by atoms with Gasteiger partial charge in [-0.15, -0.1) is 0 Å². The molecule has 30 heavy (non-hydrogen) atoms. The predicted molar refractivity (Wildman–Crippen MR) is 121 cm³/mol. The topological polar surface area (TPSA) is 38.8 Å². The second-order valence-corrected chi connectivity index (χ2v) is 8.73. The van der Waals surface area contributed by atoms with E-state index in [1.165, 1.54) is 18.5 Å². The number of carbonyl (C=O) groups is 1. The van der Waals surface area contributed by atoms with Crippen molar-refractivity contribution < 1.29 is 14.3 Å². The lowest BCUT2D eigenvalue weighted by Crippen LogP contribution is -2.24. The van der Waals surface area contributed by atoms with Crippen LogP contribution in [0.25, 0.3) is 0 Å². The van der Waals surface area contributed by atoms with Crippen LogP contribution in [0.4, 0.5) is 5.69 Å². The molecule has 0 radical (unpaired) electrons. The molecule has 1 saturated heterocycles. The fourth-order valence-electron chi connectivity index (χ4n) is 3.99. The van der Waals surface area contributed by atoms with E-state index >= 15 is 0 Å². The fraction of sp³-hybridized carbons (Fsp3) is 0.500. The van der Waals surface area contributed by atoms with Gasteiger partial charge in [0.05, 0.1) is 13.2 Å². The number of carbonyl (C=O) groups excluding carboxylic acids is 1. The number of hydrogen-bond donors (Lipinski definition) is 0. The van der Waals surface area contributed by atoms with Crippen LogP contribution in [0.15, 0.2) is 48.5 Å². The summed E-state index contributed by atoms with van der Waals surface area (Å²) in [5.74, 6) is 2.88. The Bertz CT molecular complexity index is 826. The van der Waals surface area contributed by atoms with Gasteiger partial charge in [-0.25, -0.2) is 0 Å². The molecule has 1 saturated carbocycles. The van der Waals surface area contributed by atoms with Crippen molar-refractivity contribution in [2.75, 3.05) is 24.6 Å². The molecule has 0 amide bonds. The molecule has 4 nitrogen and oxygen atoms in total. The van der Waals surface area contributed by atoms with Gasteiger partial charge in [0.1, 0.15) is 23.4 Å². The van der Waals surface area contributed by atoms with Crippen LogP contribution >= 0.6 is 0 Å². The second-order valence-electron chi connectivity index (χ2n) is 8.73. The van der Waals surface area contributed by atoms with Gasteiger partial charge in [-0.2, -0.15) is 0 Å². The molecule has 0 bridgehead atoms. The maximum Gasteiger partial charge on any atom is 0.140 e. The normalized spacial score (nSPS) is 19.5. The van der Waals surface area contributed by atoms with Crippen LogP contribution in [0, 0.1) is 5.92 Å². The summed E-state index contributed by atoms with van der Waals surface area (Å²) in [5.41, 5.74) is 2.29. The van der Waals surface area contributed by atoms with Crippen LogP contribution in [-0.2, 0) is 4.79 Å². The molecule has 1 unspecified atom stereocenters. The second kappa shape index (κ2) is 9.55. The average Bonchev–Trinajstić information content (AvgIpc) is 3.49. The molecule has 2 atom stereocenters. The first-order valence-corrected chi connectivity index (χ1v) is 11.4. The monoisotopic (exact) mass is 407 g/mol. The molecule has 160 valence electrons. The fourth-order valence-corrected chi connectivity index (χ4v) is 3.99. The summed E-state index contributed by atoms with van der Waals surface area (Å²) >= 11 is 0. The van der Waals surface area contributed by atoms with Gasteiger partial charge in [0.15, 0.2) is 0 Å². The third kappa shape index (κ3) is 5.35. The van der Waals surface area contributed by atoms with Crippen molar-refractivity contribution in [3.8, 4) is 11.5 Å². The molecule has 2 aromatic carbocycles. The number of rotatable bonds is 10. The van der Waals surface area contributed by atoms with Crippen molar-refractivity contribution in [3.63, 3.8) is 0 Å². The van der Waals surface area contributed by atoms with Gasteiger partial charge < -0.3 is 14.4 Å². The minimum atomic E-state index is -0.0443. The van der Waals surface area contributed by atoms with E-state index in [1.54, 1.807) is 0 Å². The van der Waals surface area contributed by atoms with Crippen LogP contribution in [-0.4, -0.2) is 31.6 Å². The molecule has 4 heteroatoms. The molecular formula is C26H33NO3. The lowest BCUT2D eigenvalue weighted by atomic mass is 9.94. The van der Waals surface area contributed by atoms with Crippen molar-refractivity contribution >= 4 is 11.5 Å². The highest BCUT2D eigenvalue weighted by Gasteiger charge is 2.25. The number of nitrogens with zero attached hydrogens (tertiary/aromatic N) is 1. The summed E-state index contributed by atoms with van der Waals surface area (Å²) in [6.45, 7) is 6.76. The quantitative estimate of drug-likeness (QED) is 0.513. The number of hydrogen-bond acceptors (Lipinski definition) is 4. The molecule has 2 aromatic rings. The Balaban J connectivity index is 1.27. The van der Waals surface area contributed by atoms with Crippen molar-refractivity contribution in [3.05, 3.63) is 54.1 Å². The maximum absolute atomic E-state index is 12.1. The first-order valence-electron chi connectivity index (χ1n) is 11.4. The van der Waals surface area contributed by atoms with E-state index in [4.69, 9.17) is 9.47 Å². The predicted octanol–water partition coefficient (Wildman–Crippen LogP) is 5.61. The summed E-state index contributed by atoms with van der Waals surface area (Å²) in [7, 11) is 0. The summed E-state index contributed by atoms with van der Waals surface area (Å²) in [5, 5.41) is 0. The standard InChI is InChI=1S/C26H33NO3/c1-3-4-26(28)19(2)21-7-11-24(12-8-21)30-25-15-16-27(17-25)22-9-13-23(14-10-22)29-18-20-5-6-20/h7-14,19-20,25H,3-6,15-18H2,1-2H3/t19?,25-/m1/s1. The highest BCUT2D eigenvalue weighted by Crippen LogP contribution is 2.31. The summed E-state index contributed by atoms with van der Waals surface area (Å²) in [6, 6.07) is 16.5. The molecule has 4 rings (SSSR count). The van der Waals surface area contributed by atoms with Crippen molar-refractivity contribution in [1.82, 2.24) is 0 Å². The summed E-state index contributed by atoms with van der Waals surface area (Å²) < 4.78 is 12.1. The zero-order chi connectivity index (χ0) is 20.9. The first-order chi connectivity index (χ1) is 14.6. The van der Waals surface area contributed by atoms with Crippen molar-refractivity contribution in [2.24, 2.45) is 5.92 Å². The largest absolute Gasteiger partial charge is 0.493 e. The maximum atomic E-state index is 12.1. The average molecular weight is 408 g/mol. The minimum Gasteiger partial charge on any atom is -0.493 e. The molecule has 0 aromatic heterocycles. The molecule has 0 N–H and O–H groups in total. The van der Waals surface area contributed by atoms with Gasteiger partial charge >= 0.3 is 0 Å². The molecule has 1 aliphatic heterocycles. The molecule has 2 fully saturated rings. The van der Waals surface area contributed by atoms with Crippen LogP contribution in [0.5, 0.6) is 11.5 Å². The van der Waals surface area contributed by atoms with Gasteiger partial charge in [-0.05, 0) is 67.1 Å². The first kappa shape index (κ1) is 20.8. The van der Waals surface area contributed by atoms with Crippen LogP contribution in [0.1, 0.15) is 57.4 Å². The lowest BCUT2D eigenvalue weighted by molar-refractivity contribution is -0.120. The number of Topliss-reactive ketones (excluding diaryl/α,β-unsaturated/α-hetero) is 1. The van der Waals surface area contributed by atoms with Gasteiger partial charge in [0.2, 0.25) is 0 Å². The van der Waals surface area contributed by atoms with E-state index in [9.17, 15) is 4.79 Å². The lowest BCUT2D eigenvalue weighted by Gasteiger charge is -2.20. The molecule has 1 aliphatic carbocycles. The Morgan fingerprint density at radius 1 is 1.03 bits per heavy atom. The van der Waals surface area contributed by atoms with E-state index in [1.807, 2.05) is 38.1 Å². The van der Waals surface area contributed by atoms with Gasteiger partial charge in [-0.3, -0.25) is 4.79 Å². The van der Waals surface area contributed by atoms with E-state index in [-0.39, 0.29) is 12.0 Å².